The lowest BCUT2D eigenvalue weighted by Crippen LogP contribution is -2.48. The number of carbonyl (C=O) groups excluding carboxylic acids is 2. The van der Waals surface area contributed by atoms with Crippen LogP contribution in [0.3, 0.4) is 0 Å². The number of nitriles is 1. The quantitative estimate of drug-likeness (QED) is 0.698. The minimum atomic E-state index is -0.395. The number of benzene rings is 1. The first-order valence-electron chi connectivity index (χ1n) is 10.5. The molecule has 1 saturated heterocycles. The third-order valence-corrected chi connectivity index (χ3v) is 5.16. The molecular formula is C23H28N4O4. The first-order chi connectivity index (χ1) is 15.0. The second kappa shape index (κ2) is 10.6. The van der Waals surface area contributed by atoms with Crippen LogP contribution in [0.15, 0.2) is 47.1 Å². The number of carbonyl (C=O) groups is 2. The molecule has 1 aromatic heterocycles. The number of nitrogens with zero attached hydrogens (tertiary/aromatic N) is 3. The summed E-state index contributed by atoms with van der Waals surface area (Å²) < 4.78 is 11.1. The monoisotopic (exact) mass is 424 g/mol. The molecule has 3 amide bonds. The summed E-state index contributed by atoms with van der Waals surface area (Å²) in [6.07, 6.45) is 3.46. The SMILES string of the molecule is CC(C)N(CC(=O)N(Cc1ccco1)CC1CCCO1)C(=O)Nc1cccc(C#N)c1. The minimum absolute atomic E-state index is 0.00559. The highest BCUT2D eigenvalue weighted by molar-refractivity contribution is 5.92. The van der Waals surface area contributed by atoms with Gasteiger partial charge in [0.05, 0.1) is 30.5 Å². The molecule has 0 bridgehead atoms. The van der Waals surface area contributed by atoms with E-state index in [4.69, 9.17) is 14.4 Å². The van der Waals surface area contributed by atoms with Gasteiger partial charge in [0.15, 0.2) is 0 Å². The van der Waals surface area contributed by atoms with Crippen LogP contribution >= 0.6 is 0 Å². The smallest absolute Gasteiger partial charge is 0.322 e. The Bertz CT molecular complexity index is 914. The summed E-state index contributed by atoms with van der Waals surface area (Å²) in [7, 11) is 0. The van der Waals surface area contributed by atoms with Crippen molar-refractivity contribution in [2.75, 3.05) is 25.0 Å². The number of rotatable bonds is 8. The van der Waals surface area contributed by atoms with Gasteiger partial charge in [-0.25, -0.2) is 4.79 Å². The number of nitrogens with one attached hydrogen (secondary N) is 1. The number of urea groups is 1. The number of hydrogen-bond donors (Lipinski definition) is 1. The van der Waals surface area contributed by atoms with Gasteiger partial charge in [-0.2, -0.15) is 5.26 Å². The average Bonchev–Trinajstić information content (AvgIpc) is 3.45. The van der Waals surface area contributed by atoms with Crippen molar-refractivity contribution < 1.29 is 18.7 Å². The van der Waals surface area contributed by atoms with Crippen molar-refractivity contribution in [3.8, 4) is 6.07 Å². The molecule has 164 valence electrons. The van der Waals surface area contributed by atoms with E-state index < -0.39 is 6.03 Å². The molecule has 1 aliphatic rings. The molecule has 3 rings (SSSR count). The molecule has 1 fully saturated rings. The molecule has 1 N–H and O–H groups in total. The van der Waals surface area contributed by atoms with E-state index in [0.29, 0.717) is 36.7 Å². The Balaban J connectivity index is 1.69. The van der Waals surface area contributed by atoms with Gasteiger partial charge < -0.3 is 24.3 Å². The Labute approximate surface area is 182 Å². The molecule has 1 aliphatic heterocycles. The Kier molecular flexibility index (Phi) is 7.68. The van der Waals surface area contributed by atoms with Crippen molar-refractivity contribution in [3.63, 3.8) is 0 Å². The van der Waals surface area contributed by atoms with E-state index in [1.165, 1.54) is 4.90 Å². The van der Waals surface area contributed by atoms with E-state index in [9.17, 15) is 9.59 Å². The summed E-state index contributed by atoms with van der Waals surface area (Å²) in [5, 5.41) is 11.8. The van der Waals surface area contributed by atoms with Gasteiger partial charge in [0.2, 0.25) is 5.91 Å². The topological polar surface area (TPSA) is 98.8 Å². The Morgan fingerprint density at radius 2 is 2.13 bits per heavy atom. The molecule has 0 radical (unpaired) electrons. The average molecular weight is 425 g/mol. The Morgan fingerprint density at radius 1 is 1.29 bits per heavy atom. The van der Waals surface area contributed by atoms with E-state index in [1.54, 1.807) is 41.5 Å². The van der Waals surface area contributed by atoms with Gasteiger partial charge in [0, 0.05) is 24.9 Å². The van der Waals surface area contributed by atoms with Crippen LogP contribution in [0.5, 0.6) is 0 Å². The van der Waals surface area contributed by atoms with E-state index in [0.717, 1.165) is 12.8 Å². The van der Waals surface area contributed by atoms with Crippen LogP contribution in [0.4, 0.5) is 10.5 Å². The summed E-state index contributed by atoms with van der Waals surface area (Å²) in [5.41, 5.74) is 0.958. The molecule has 31 heavy (non-hydrogen) atoms. The summed E-state index contributed by atoms with van der Waals surface area (Å²) in [6, 6.07) is 11.7. The molecule has 1 atom stereocenters. The molecule has 1 aromatic carbocycles. The van der Waals surface area contributed by atoms with E-state index in [1.807, 2.05) is 26.0 Å². The molecule has 0 spiro atoms. The predicted molar refractivity (Wildman–Crippen MR) is 115 cm³/mol. The van der Waals surface area contributed by atoms with Crippen molar-refractivity contribution in [2.45, 2.75) is 45.4 Å². The normalized spacial score (nSPS) is 15.5. The third kappa shape index (κ3) is 6.33. The van der Waals surface area contributed by atoms with Gasteiger partial charge >= 0.3 is 6.03 Å². The lowest BCUT2D eigenvalue weighted by atomic mass is 10.2. The highest BCUT2D eigenvalue weighted by atomic mass is 16.5. The van der Waals surface area contributed by atoms with Crippen molar-refractivity contribution in [2.24, 2.45) is 0 Å². The fourth-order valence-electron chi connectivity index (χ4n) is 3.48. The minimum Gasteiger partial charge on any atom is -0.467 e. The first-order valence-corrected chi connectivity index (χ1v) is 10.5. The van der Waals surface area contributed by atoms with E-state index in [2.05, 4.69) is 5.32 Å². The van der Waals surface area contributed by atoms with Gasteiger partial charge in [-0.1, -0.05) is 6.07 Å². The van der Waals surface area contributed by atoms with Gasteiger partial charge in [-0.05, 0) is 57.0 Å². The summed E-state index contributed by atoms with van der Waals surface area (Å²) in [5.74, 6) is 0.502. The highest BCUT2D eigenvalue weighted by Gasteiger charge is 2.27. The van der Waals surface area contributed by atoms with Gasteiger partial charge in [0.1, 0.15) is 12.3 Å². The standard InChI is InChI=1S/C23H28N4O4/c1-17(2)27(23(29)25-19-7-3-6-18(12-19)13-24)16-22(28)26(14-20-8-4-10-30-20)15-21-9-5-11-31-21/h3-4,6-8,10,12,17,21H,5,9,11,14-16H2,1-2H3,(H,25,29). The van der Waals surface area contributed by atoms with Crippen molar-refractivity contribution in [3.05, 3.63) is 54.0 Å². The van der Waals surface area contributed by atoms with Crippen molar-refractivity contribution in [1.82, 2.24) is 9.80 Å². The molecule has 8 heteroatoms. The van der Waals surface area contributed by atoms with Crippen LogP contribution in [0.2, 0.25) is 0 Å². The van der Waals surface area contributed by atoms with Crippen LogP contribution in [0.25, 0.3) is 0 Å². The summed E-state index contributed by atoms with van der Waals surface area (Å²) in [4.78, 5) is 29.3. The number of ether oxygens (including phenoxy) is 1. The van der Waals surface area contributed by atoms with Gasteiger partial charge in [-0.3, -0.25) is 4.79 Å². The fourth-order valence-corrected chi connectivity index (χ4v) is 3.48. The van der Waals surface area contributed by atoms with Gasteiger partial charge in [-0.15, -0.1) is 0 Å². The lowest BCUT2D eigenvalue weighted by molar-refractivity contribution is -0.134. The van der Waals surface area contributed by atoms with Gasteiger partial charge in [0.25, 0.3) is 0 Å². The zero-order valence-electron chi connectivity index (χ0n) is 17.9. The van der Waals surface area contributed by atoms with Crippen LogP contribution in [0.1, 0.15) is 38.0 Å². The zero-order valence-corrected chi connectivity index (χ0v) is 17.9. The maximum atomic E-state index is 13.2. The van der Waals surface area contributed by atoms with Crippen LogP contribution in [-0.4, -0.2) is 53.6 Å². The molecule has 0 saturated carbocycles. The van der Waals surface area contributed by atoms with Crippen LogP contribution in [-0.2, 0) is 16.1 Å². The Morgan fingerprint density at radius 3 is 2.77 bits per heavy atom. The first kappa shape index (κ1) is 22.4. The molecule has 1 unspecified atom stereocenters. The summed E-state index contributed by atoms with van der Waals surface area (Å²) in [6.45, 7) is 5.12. The second-order valence-corrected chi connectivity index (χ2v) is 7.83. The largest absolute Gasteiger partial charge is 0.467 e. The number of hydrogen-bond acceptors (Lipinski definition) is 5. The molecular weight excluding hydrogens is 396 g/mol. The predicted octanol–water partition coefficient (Wildman–Crippen LogP) is 3.60. The number of furan rings is 1. The van der Waals surface area contributed by atoms with Crippen molar-refractivity contribution in [1.29, 1.82) is 5.26 Å². The molecule has 2 heterocycles. The molecule has 2 aromatic rings. The number of anilines is 1. The number of amides is 3. The fraction of sp³-hybridized carbons (Fsp3) is 0.435. The second-order valence-electron chi connectivity index (χ2n) is 7.83. The lowest BCUT2D eigenvalue weighted by Gasteiger charge is -2.30. The van der Waals surface area contributed by atoms with Crippen molar-refractivity contribution >= 4 is 17.6 Å². The van der Waals surface area contributed by atoms with Crippen LogP contribution in [0, 0.1) is 11.3 Å². The van der Waals surface area contributed by atoms with Crippen LogP contribution < -0.4 is 5.32 Å². The maximum Gasteiger partial charge on any atom is 0.322 e. The maximum absolute atomic E-state index is 13.2. The molecule has 8 nitrogen and oxygen atoms in total. The third-order valence-electron chi connectivity index (χ3n) is 5.16. The van der Waals surface area contributed by atoms with E-state index in [-0.39, 0.29) is 24.6 Å². The summed E-state index contributed by atoms with van der Waals surface area (Å²) >= 11 is 0. The molecule has 0 aliphatic carbocycles. The Hall–Kier alpha value is -3.31. The zero-order chi connectivity index (χ0) is 22.2. The highest BCUT2D eigenvalue weighted by Crippen LogP contribution is 2.17. The van der Waals surface area contributed by atoms with E-state index >= 15 is 0 Å².